The van der Waals surface area contributed by atoms with Gasteiger partial charge in [0.1, 0.15) is 5.82 Å². The van der Waals surface area contributed by atoms with E-state index in [9.17, 15) is 9.18 Å². The van der Waals surface area contributed by atoms with Crippen molar-refractivity contribution in [2.45, 2.75) is 13.8 Å². The van der Waals surface area contributed by atoms with Crippen LogP contribution in [0, 0.1) is 19.7 Å². The van der Waals surface area contributed by atoms with Gasteiger partial charge in [-0.1, -0.05) is 18.2 Å². The summed E-state index contributed by atoms with van der Waals surface area (Å²) in [6.45, 7) is 6.94. The van der Waals surface area contributed by atoms with Crippen molar-refractivity contribution in [3.05, 3.63) is 65.0 Å². The maximum Gasteiger partial charge on any atom is 0.256 e. The van der Waals surface area contributed by atoms with Crippen molar-refractivity contribution in [3.8, 4) is 0 Å². The van der Waals surface area contributed by atoms with Crippen LogP contribution in [-0.2, 0) is 0 Å². The lowest BCUT2D eigenvalue weighted by molar-refractivity contribution is 0.0742. The number of halogens is 1. The van der Waals surface area contributed by atoms with Crippen LogP contribution in [0.1, 0.15) is 21.5 Å². The molecule has 0 radical (unpaired) electrons. The zero-order valence-electron chi connectivity index (χ0n) is 13.6. The molecule has 1 heterocycles. The Morgan fingerprint density at radius 3 is 2.17 bits per heavy atom. The van der Waals surface area contributed by atoms with Crippen LogP contribution in [0.4, 0.5) is 10.1 Å². The summed E-state index contributed by atoms with van der Waals surface area (Å²) in [6.07, 6.45) is 0. The Kier molecular flexibility index (Phi) is 4.33. The lowest BCUT2D eigenvalue weighted by Crippen LogP contribution is -2.49. The number of carbonyl (C=O) groups excluding carboxylic acids is 1. The molecule has 1 fully saturated rings. The number of benzene rings is 2. The van der Waals surface area contributed by atoms with Gasteiger partial charge in [-0.15, -0.1) is 0 Å². The van der Waals surface area contributed by atoms with Gasteiger partial charge in [0.05, 0.1) is 5.56 Å². The summed E-state index contributed by atoms with van der Waals surface area (Å²) in [7, 11) is 0. The molecule has 0 bridgehead atoms. The molecule has 0 saturated carbocycles. The van der Waals surface area contributed by atoms with E-state index in [-0.39, 0.29) is 11.5 Å². The highest BCUT2D eigenvalue weighted by Crippen LogP contribution is 2.21. The summed E-state index contributed by atoms with van der Waals surface area (Å²) in [4.78, 5) is 16.5. The second-order valence-corrected chi connectivity index (χ2v) is 6.11. The first-order chi connectivity index (χ1) is 11.0. The minimum atomic E-state index is -0.450. The Morgan fingerprint density at radius 2 is 1.57 bits per heavy atom. The van der Waals surface area contributed by atoms with Gasteiger partial charge >= 0.3 is 0 Å². The Labute approximate surface area is 136 Å². The second-order valence-electron chi connectivity index (χ2n) is 6.11. The molecule has 0 N–H and O–H groups in total. The van der Waals surface area contributed by atoms with Gasteiger partial charge in [0.2, 0.25) is 0 Å². The first-order valence-electron chi connectivity index (χ1n) is 7.91. The molecule has 4 heteroatoms. The second kappa shape index (κ2) is 6.41. The third kappa shape index (κ3) is 3.36. The molecule has 1 aliphatic heterocycles. The lowest BCUT2D eigenvalue weighted by atomic mass is 10.1. The predicted molar refractivity (Wildman–Crippen MR) is 90.4 cm³/mol. The number of anilines is 1. The standard InChI is InChI=1S/C19H21FN2O/c1-14-11-15(2)13-16(12-14)21-7-9-22(10-8-21)19(23)17-5-3-4-6-18(17)20/h3-6,11-13H,7-10H2,1-2H3. The molecule has 1 saturated heterocycles. The molecule has 0 atom stereocenters. The molecule has 0 aromatic heterocycles. The number of hydrogen-bond acceptors (Lipinski definition) is 2. The van der Waals surface area contributed by atoms with Crippen molar-refractivity contribution in [1.82, 2.24) is 4.90 Å². The van der Waals surface area contributed by atoms with Gasteiger partial charge in [0.15, 0.2) is 0 Å². The van der Waals surface area contributed by atoms with Crippen molar-refractivity contribution < 1.29 is 9.18 Å². The molecule has 0 spiro atoms. The Hall–Kier alpha value is -2.36. The van der Waals surface area contributed by atoms with E-state index >= 15 is 0 Å². The first kappa shape index (κ1) is 15.5. The molecule has 0 unspecified atom stereocenters. The molecule has 23 heavy (non-hydrogen) atoms. The highest BCUT2D eigenvalue weighted by Gasteiger charge is 2.24. The summed E-state index contributed by atoms with van der Waals surface area (Å²) in [5.74, 6) is -0.669. The van der Waals surface area contributed by atoms with Gasteiger partial charge in [-0.3, -0.25) is 4.79 Å². The van der Waals surface area contributed by atoms with E-state index < -0.39 is 5.82 Å². The van der Waals surface area contributed by atoms with Crippen LogP contribution in [0.2, 0.25) is 0 Å². The quantitative estimate of drug-likeness (QED) is 0.848. The van der Waals surface area contributed by atoms with E-state index in [0.717, 1.165) is 13.1 Å². The zero-order chi connectivity index (χ0) is 16.4. The molecule has 2 aromatic carbocycles. The summed E-state index contributed by atoms with van der Waals surface area (Å²) in [5.41, 5.74) is 3.84. The monoisotopic (exact) mass is 312 g/mol. The average Bonchev–Trinajstić information content (AvgIpc) is 2.54. The molecular formula is C19H21FN2O. The maximum absolute atomic E-state index is 13.8. The van der Waals surface area contributed by atoms with Gasteiger partial charge in [0, 0.05) is 31.9 Å². The molecule has 120 valence electrons. The summed E-state index contributed by atoms with van der Waals surface area (Å²) in [6, 6.07) is 12.7. The van der Waals surface area contributed by atoms with Crippen molar-refractivity contribution in [3.63, 3.8) is 0 Å². The summed E-state index contributed by atoms with van der Waals surface area (Å²) < 4.78 is 13.8. The molecule has 3 nitrogen and oxygen atoms in total. The van der Waals surface area contributed by atoms with E-state index in [1.54, 1.807) is 23.1 Å². The van der Waals surface area contributed by atoms with Crippen LogP contribution >= 0.6 is 0 Å². The van der Waals surface area contributed by atoms with Crippen molar-refractivity contribution >= 4 is 11.6 Å². The van der Waals surface area contributed by atoms with Crippen LogP contribution in [0.25, 0.3) is 0 Å². The fourth-order valence-electron chi connectivity index (χ4n) is 3.11. The zero-order valence-corrected chi connectivity index (χ0v) is 13.6. The summed E-state index contributed by atoms with van der Waals surface area (Å²) >= 11 is 0. The molecule has 0 aliphatic carbocycles. The Bertz CT molecular complexity index is 701. The normalized spacial score (nSPS) is 14.9. The molecular weight excluding hydrogens is 291 g/mol. The van der Waals surface area contributed by atoms with Crippen LogP contribution in [-0.4, -0.2) is 37.0 Å². The highest BCUT2D eigenvalue weighted by atomic mass is 19.1. The Balaban J connectivity index is 1.69. The minimum Gasteiger partial charge on any atom is -0.368 e. The fourth-order valence-corrected chi connectivity index (χ4v) is 3.11. The van der Waals surface area contributed by atoms with E-state index in [2.05, 4.69) is 36.9 Å². The molecule has 3 rings (SSSR count). The van der Waals surface area contributed by atoms with E-state index in [0.29, 0.717) is 13.1 Å². The number of piperazine rings is 1. The van der Waals surface area contributed by atoms with Gasteiger partial charge < -0.3 is 9.80 Å². The predicted octanol–water partition coefficient (Wildman–Crippen LogP) is 3.40. The third-order valence-electron chi connectivity index (χ3n) is 4.24. The highest BCUT2D eigenvalue weighted by molar-refractivity contribution is 5.94. The average molecular weight is 312 g/mol. The topological polar surface area (TPSA) is 23.6 Å². The van der Waals surface area contributed by atoms with Gasteiger partial charge in [-0.25, -0.2) is 4.39 Å². The van der Waals surface area contributed by atoms with E-state index in [1.807, 2.05) is 0 Å². The number of aryl methyl sites for hydroxylation is 2. The molecule has 2 aromatic rings. The summed E-state index contributed by atoms with van der Waals surface area (Å²) in [5, 5.41) is 0. The third-order valence-corrected chi connectivity index (χ3v) is 4.24. The van der Waals surface area contributed by atoms with Crippen molar-refractivity contribution in [1.29, 1.82) is 0 Å². The van der Waals surface area contributed by atoms with Crippen molar-refractivity contribution in [2.75, 3.05) is 31.1 Å². The van der Waals surface area contributed by atoms with E-state index in [1.165, 1.54) is 22.9 Å². The van der Waals surface area contributed by atoms with Crippen molar-refractivity contribution in [2.24, 2.45) is 0 Å². The van der Waals surface area contributed by atoms with Gasteiger partial charge in [0.25, 0.3) is 5.91 Å². The molecule has 1 amide bonds. The van der Waals surface area contributed by atoms with E-state index in [4.69, 9.17) is 0 Å². The Morgan fingerprint density at radius 1 is 0.957 bits per heavy atom. The maximum atomic E-state index is 13.8. The van der Waals surface area contributed by atoms with Crippen LogP contribution < -0.4 is 4.90 Å². The van der Waals surface area contributed by atoms with Crippen LogP contribution in [0.15, 0.2) is 42.5 Å². The SMILES string of the molecule is Cc1cc(C)cc(N2CCN(C(=O)c3ccccc3F)CC2)c1. The van der Waals surface area contributed by atoms with Crippen LogP contribution in [0.5, 0.6) is 0 Å². The number of carbonyl (C=O) groups is 1. The van der Waals surface area contributed by atoms with Gasteiger partial charge in [-0.05, 0) is 49.2 Å². The molecule has 1 aliphatic rings. The number of amides is 1. The number of hydrogen-bond donors (Lipinski definition) is 0. The largest absolute Gasteiger partial charge is 0.368 e. The first-order valence-corrected chi connectivity index (χ1v) is 7.91. The lowest BCUT2D eigenvalue weighted by Gasteiger charge is -2.36. The fraction of sp³-hybridized carbons (Fsp3) is 0.316. The van der Waals surface area contributed by atoms with Gasteiger partial charge in [-0.2, -0.15) is 0 Å². The van der Waals surface area contributed by atoms with Crippen LogP contribution in [0.3, 0.4) is 0 Å². The number of nitrogens with zero attached hydrogens (tertiary/aromatic N) is 2. The minimum absolute atomic E-state index is 0.160. The number of rotatable bonds is 2. The smallest absolute Gasteiger partial charge is 0.256 e.